The molecule has 0 aliphatic rings. The zero-order valence-electron chi connectivity index (χ0n) is 14.9. The first-order valence-corrected chi connectivity index (χ1v) is 9.10. The van der Waals surface area contributed by atoms with Crippen molar-refractivity contribution in [2.45, 2.75) is 6.92 Å². The maximum atomic E-state index is 6.28. The van der Waals surface area contributed by atoms with Crippen LogP contribution in [0.2, 0.25) is 0 Å². The molecule has 0 saturated carbocycles. The molecule has 0 radical (unpaired) electrons. The summed E-state index contributed by atoms with van der Waals surface area (Å²) in [5, 5.41) is 7.15. The van der Waals surface area contributed by atoms with Gasteiger partial charge in [-0.05, 0) is 36.8 Å². The molecule has 0 unspecified atom stereocenters. The van der Waals surface area contributed by atoms with Crippen LogP contribution in [-0.2, 0) is 0 Å². The van der Waals surface area contributed by atoms with Gasteiger partial charge in [0.15, 0.2) is 16.8 Å². The highest BCUT2D eigenvalue weighted by molar-refractivity contribution is 7.22. The quantitative estimate of drug-likeness (QED) is 0.471. The van der Waals surface area contributed by atoms with Crippen molar-refractivity contribution in [3.05, 3.63) is 54.4 Å². The van der Waals surface area contributed by atoms with Crippen LogP contribution in [0.15, 0.2) is 48.8 Å². The molecule has 4 rings (SSSR count). The molecule has 0 atom stereocenters. The summed E-state index contributed by atoms with van der Waals surface area (Å²) in [5.74, 6) is 1.85. The first-order valence-electron chi connectivity index (χ1n) is 8.29. The fraction of sp³-hybridized carbons (Fsp3) is 0.105. The molecule has 2 heterocycles. The largest absolute Gasteiger partial charge is 0.497 e. The molecule has 2 aromatic carbocycles. The van der Waals surface area contributed by atoms with E-state index in [2.05, 4.69) is 25.6 Å². The third-order valence-electron chi connectivity index (χ3n) is 4.10. The molecule has 0 spiro atoms. The van der Waals surface area contributed by atoms with E-state index < -0.39 is 0 Å². The van der Waals surface area contributed by atoms with Gasteiger partial charge in [0.25, 0.3) is 0 Å². The molecule has 0 aliphatic carbocycles. The van der Waals surface area contributed by atoms with E-state index in [0.717, 1.165) is 27.2 Å². The van der Waals surface area contributed by atoms with Gasteiger partial charge in [-0.1, -0.05) is 29.5 Å². The van der Waals surface area contributed by atoms with Gasteiger partial charge in [-0.25, -0.2) is 15.0 Å². The summed E-state index contributed by atoms with van der Waals surface area (Å²) in [6.07, 6.45) is 1.47. The lowest BCUT2D eigenvalue weighted by molar-refractivity contribution is 0.415. The van der Waals surface area contributed by atoms with Crippen molar-refractivity contribution in [1.82, 2.24) is 15.0 Å². The average Bonchev–Trinajstić information content (AvgIpc) is 3.08. The number of nitrogens with two attached hydrogens (primary N) is 1. The Hall–Kier alpha value is -3.39. The summed E-state index contributed by atoms with van der Waals surface area (Å²) in [6, 6.07) is 13.7. The van der Waals surface area contributed by atoms with E-state index >= 15 is 0 Å². The lowest BCUT2D eigenvalue weighted by atomic mass is 10.2. The van der Waals surface area contributed by atoms with Crippen LogP contribution in [0.3, 0.4) is 0 Å². The van der Waals surface area contributed by atoms with Gasteiger partial charge in [0.05, 0.1) is 17.3 Å². The highest BCUT2D eigenvalue weighted by atomic mass is 32.1. The minimum Gasteiger partial charge on any atom is -0.497 e. The summed E-state index contributed by atoms with van der Waals surface area (Å²) in [4.78, 5) is 13.1. The highest BCUT2D eigenvalue weighted by Crippen LogP contribution is 2.33. The number of aryl methyl sites for hydroxylation is 1. The van der Waals surface area contributed by atoms with Crippen LogP contribution in [0.1, 0.15) is 5.56 Å². The predicted octanol–water partition coefficient (Wildman–Crippen LogP) is 4.47. The number of aromatic nitrogens is 3. The number of benzene rings is 2. The Morgan fingerprint density at radius 3 is 2.59 bits per heavy atom. The minimum atomic E-state index is 0.428. The third-order valence-corrected chi connectivity index (χ3v) is 5.04. The Kier molecular flexibility index (Phi) is 4.47. The second-order valence-electron chi connectivity index (χ2n) is 5.90. The van der Waals surface area contributed by atoms with Gasteiger partial charge in [-0.15, -0.1) is 0 Å². The van der Waals surface area contributed by atoms with Crippen LogP contribution < -0.4 is 21.1 Å². The van der Waals surface area contributed by atoms with Crippen LogP contribution in [0.5, 0.6) is 5.75 Å². The van der Waals surface area contributed by atoms with Gasteiger partial charge in [0.2, 0.25) is 0 Å². The molecule has 27 heavy (non-hydrogen) atoms. The van der Waals surface area contributed by atoms with Crippen LogP contribution in [0.25, 0.3) is 10.2 Å². The van der Waals surface area contributed by atoms with Gasteiger partial charge < -0.3 is 21.1 Å². The van der Waals surface area contributed by atoms with E-state index in [1.165, 1.54) is 17.7 Å². The zero-order chi connectivity index (χ0) is 18.8. The summed E-state index contributed by atoms with van der Waals surface area (Å²) >= 11 is 1.50. The molecule has 136 valence electrons. The molecule has 4 N–H and O–H groups in total. The number of methoxy groups -OCH3 is 1. The van der Waals surface area contributed by atoms with Crippen molar-refractivity contribution in [3.63, 3.8) is 0 Å². The van der Waals surface area contributed by atoms with E-state index in [1.54, 1.807) is 7.11 Å². The molecule has 2 aromatic heterocycles. The molecule has 0 saturated heterocycles. The van der Waals surface area contributed by atoms with E-state index in [9.17, 15) is 0 Å². The molecule has 0 amide bonds. The van der Waals surface area contributed by atoms with Crippen LogP contribution in [-0.4, -0.2) is 22.1 Å². The van der Waals surface area contributed by atoms with Crippen LogP contribution >= 0.6 is 11.3 Å². The summed E-state index contributed by atoms with van der Waals surface area (Å²) in [7, 11) is 1.64. The topological polar surface area (TPSA) is 98.0 Å². The maximum Gasteiger partial charge on any atom is 0.189 e. The molecule has 0 aliphatic heterocycles. The Morgan fingerprint density at radius 1 is 1.04 bits per heavy atom. The van der Waals surface area contributed by atoms with Crippen molar-refractivity contribution >= 4 is 49.7 Å². The maximum absolute atomic E-state index is 6.28. The fourth-order valence-electron chi connectivity index (χ4n) is 2.62. The minimum absolute atomic E-state index is 0.428. The number of thiazole rings is 1. The third kappa shape index (κ3) is 3.47. The van der Waals surface area contributed by atoms with E-state index in [-0.39, 0.29) is 0 Å². The first-order chi connectivity index (χ1) is 13.1. The Labute approximate surface area is 160 Å². The van der Waals surface area contributed by atoms with Crippen molar-refractivity contribution in [2.24, 2.45) is 0 Å². The highest BCUT2D eigenvalue weighted by Gasteiger charge is 2.12. The molecule has 0 bridgehead atoms. The molecular weight excluding hydrogens is 360 g/mol. The normalized spacial score (nSPS) is 10.7. The van der Waals surface area contributed by atoms with E-state index in [4.69, 9.17) is 10.5 Å². The molecule has 0 fully saturated rings. The first kappa shape index (κ1) is 17.0. The Balaban J connectivity index is 1.62. The number of nitrogens with one attached hydrogen (secondary N) is 2. The van der Waals surface area contributed by atoms with Crippen molar-refractivity contribution in [3.8, 4) is 5.75 Å². The number of nitrogen functional groups attached to an aromatic ring is 1. The number of fused-ring (bicyclic) bond motifs is 1. The van der Waals surface area contributed by atoms with Crippen LogP contribution in [0, 0.1) is 6.92 Å². The summed E-state index contributed by atoms with van der Waals surface area (Å²) in [5.41, 5.74) is 9.63. The number of anilines is 5. The van der Waals surface area contributed by atoms with Gasteiger partial charge in [-0.3, -0.25) is 0 Å². The number of para-hydroxylation sites is 1. The van der Waals surface area contributed by atoms with E-state index in [1.807, 2.05) is 49.4 Å². The Bertz CT molecular complexity index is 1110. The second-order valence-corrected chi connectivity index (χ2v) is 6.93. The predicted molar refractivity (Wildman–Crippen MR) is 110 cm³/mol. The molecule has 7 nitrogen and oxygen atoms in total. The number of hydrogen-bond donors (Lipinski definition) is 3. The molecule has 4 aromatic rings. The smallest absolute Gasteiger partial charge is 0.189 e. The fourth-order valence-corrected chi connectivity index (χ4v) is 3.52. The van der Waals surface area contributed by atoms with Gasteiger partial charge >= 0.3 is 0 Å². The second kappa shape index (κ2) is 7.08. The summed E-state index contributed by atoms with van der Waals surface area (Å²) in [6.45, 7) is 2.02. The monoisotopic (exact) mass is 378 g/mol. The van der Waals surface area contributed by atoms with Gasteiger partial charge in [-0.2, -0.15) is 0 Å². The average molecular weight is 378 g/mol. The molecule has 8 heteroatoms. The Morgan fingerprint density at radius 2 is 1.81 bits per heavy atom. The number of hydrogen-bond acceptors (Lipinski definition) is 8. The van der Waals surface area contributed by atoms with Crippen molar-refractivity contribution in [1.29, 1.82) is 0 Å². The molecular formula is C19H18N6OS. The number of nitrogens with zero attached hydrogens (tertiary/aromatic N) is 3. The number of rotatable bonds is 5. The summed E-state index contributed by atoms with van der Waals surface area (Å²) < 4.78 is 6.28. The van der Waals surface area contributed by atoms with Crippen molar-refractivity contribution in [2.75, 3.05) is 23.5 Å². The van der Waals surface area contributed by atoms with Gasteiger partial charge in [0, 0.05) is 5.69 Å². The SMILES string of the molecule is COc1ccc2nc(Nc3ncnc(Nc4ccccc4C)c3N)sc2c1. The van der Waals surface area contributed by atoms with Gasteiger partial charge in [0.1, 0.15) is 17.8 Å². The number of ether oxygens (including phenoxy) is 1. The van der Waals surface area contributed by atoms with Crippen molar-refractivity contribution < 1.29 is 4.74 Å². The lowest BCUT2D eigenvalue weighted by Crippen LogP contribution is -2.05. The standard InChI is InChI=1S/C19H18N6OS/c1-11-5-3-4-6-13(11)23-17-16(20)18(22-10-21-17)25-19-24-14-8-7-12(26-2)9-15(14)27-19/h3-10H,20H2,1-2H3,(H2,21,22,23,24,25). The lowest BCUT2D eigenvalue weighted by Gasteiger charge is -2.12. The zero-order valence-corrected chi connectivity index (χ0v) is 15.7. The van der Waals surface area contributed by atoms with Crippen LogP contribution in [0.4, 0.5) is 28.1 Å². The van der Waals surface area contributed by atoms with E-state index in [0.29, 0.717) is 22.5 Å².